The van der Waals surface area contributed by atoms with Crippen LogP contribution in [0.5, 0.6) is 0 Å². The molecule has 2 N–H and O–H groups in total. The third kappa shape index (κ3) is 3.94. The van der Waals surface area contributed by atoms with Gasteiger partial charge in [-0.1, -0.05) is 6.92 Å². The first-order chi connectivity index (χ1) is 13.6. The van der Waals surface area contributed by atoms with Gasteiger partial charge in [0.25, 0.3) is 10.0 Å². The van der Waals surface area contributed by atoms with Gasteiger partial charge in [0.05, 0.1) is 11.4 Å². The summed E-state index contributed by atoms with van der Waals surface area (Å²) in [5.74, 6) is -0.755. The number of rotatable bonds is 4. The van der Waals surface area contributed by atoms with Gasteiger partial charge in [0.1, 0.15) is 22.6 Å². The molecule has 1 aliphatic carbocycles. The molecule has 1 saturated carbocycles. The van der Waals surface area contributed by atoms with Crippen LogP contribution in [-0.2, 0) is 10.0 Å². The van der Waals surface area contributed by atoms with E-state index in [1.54, 1.807) is 0 Å². The monoisotopic (exact) mass is 434 g/mol. The maximum Gasteiger partial charge on any atom is 0.408 e. The molecule has 4 rings (SSSR count). The number of halogens is 4. The first-order valence-electron chi connectivity index (χ1n) is 9.62. The fourth-order valence-electron chi connectivity index (χ4n) is 4.02. The Hall–Kier alpha value is -1.88. The molecule has 2 fully saturated rings. The Kier molecular flexibility index (Phi) is 5.01. The van der Waals surface area contributed by atoms with Gasteiger partial charge in [-0.3, -0.25) is 0 Å². The molecule has 0 amide bonds. The van der Waals surface area contributed by atoms with Crippen molar-refractivity contribution in [2.75, 3.05) is 23.3 Å². The summed E-state index contributed by atoms with van der Waals surface area (Å²) in [4.78, 5) is 0.653. The quantitative estimate of drug-likeness (QED) is 0.712. The van der Waals surface area contributed by atoms with E-state index in [1.807, 2.05) is 6.92 Å². The van der Waals surface area contributed by atoms with E-state index in [0.29, 0.717) is 13.0 Å². The predicted octanol–water partition coefficient (Wildman–Crippen LogP) is 3.26. The minimum Gasteiger partial charge on any atom is -0.358 e. The summed E-state index contributed by atoms with van der Waals surface area (Å²) in [6, 6.07) is -0.377. The summed E-state index contributed by atoms with van der Waals surface area (Å²) in [7, 11) is -4.19. The smallest absolute Gasteiger partial charge is 0.358 e. The number of nitrogens with one attached hydrogen (secondary N) is 2. The number of fused-ring (bicyclic) bond motifs is 1. The summed E-state index contributed by atoms with van der Waals surface area (Å²) in [5.41, 5.74) is -0.103. The molecule has 1 aromatic carbocycles. The highest BCUT2D eigenvalue weighted by atomic mass is 32.2. The Morgan fingerprint density at radius 3 is 2.62 bits per heavy atom. The molecule has 0 radical (unpaired) electrons. The van der Waals surface area contributed by atoms with Gasteiger partial charge in [0.15, 0.2) is 0 Å². The van der Waals surface area contributed by atoms with Gasteiger partial charge in [-0.2, -0.15) is 21.6 Å². The zero-order valence-corrected chi connectivity index (χ0v) is 16.6. The first kappa shape index (κ1) is 20.4. The minimum atomic E-state index is -4.55. The predicted molar refractivity (Wildman–Crippen MR) is 101 cm³/mol. The average Bonchev–Trinajstić information content (AvgIpc) is 3.46. The van der Waals surface area contributed by atoms with Crippen molar-refractivity contribution in [1.82, 2.24) is 5.32 Å². The topological polar surface area (TPSA) is 73.8 Å². The number of nitrogens with zero attached hydrogens (tertiary/aromatic N) is 2. The molecule has 0 spiro atoms. The molecule has 0 bridgehead atoms. The van der Waals surface area contributed by atoms with Crippen molar-refractivity contribution in [2.45, 2.75) is 55.8 Å². The van der Waals surface area contributed by atoms with Gasteiger partial charge < -0.3 is 15.5 Å². The molecule has 0 aromatic heterocycles. The van der Waals surface area contributed by atoms with Gasteiger partial charge in [-0.25, -0.2) is 4.39 Å². The number of sulfonamides is 1. The van der Waals surface area contributed by atoms with E-state index in [4.69, 9.17) is 0 Å². The number of hydrogen-bond donors (Lipinski definition) is 2. The molecule has 2 atom stereocenters. The van der Waals surface area contributed by atoms with Crippen LogP contribution in [0, 0.1) is 11.7 Å². The summed E-state index contributed by atoms with van der Waals surface area (Å²) < 4.78 is 84.7. The largest absolute Gasteiger partial charge is 0.408 e. The lowest BCUT2D eigenvalue weighted by molar-refractivity contribution is -0.154. The van der Waals surface area contributed by atoms with E-state index in [2.05, 4.69) is 15.0 Å². The number of alkyl halides is 3. The van der Waals surface area contributed by atoms with Crippen LogP contribution in [0.15, 0.2) is 21.4 Å². The zero-order chi connectivity index (χ0) is 21.0. The second-order valence-corrected chi connectivity index (χ2v) is 9.25. The lowest BCUT2D eigenvalue weighted by Crippen LogP contribution is -2.55. The number of hydrogen-bond acceptors (Lipinski definition) is 5. The molecule has 2 aliphatic heterocycles. The number of anilines is 2. The number of benzene rings is 1. The second-order valence-electron chi connectivity index (χ2n) is 7.68. The van der Waals surface area contributed by atoms with E-state index in [-0.39, 0.29) is 42.1 Å². The normalized spacial score (nSPS) is 26.5. The summed E-state index contributed by atoms with van der Waals surface area (Å²) in [6.07, 6.45) is -2.80. The van der Waals surface area contributed by atoms with Gasteiger partial charge in [0.2, 0.25) is 0 Å². The van der Waals surface area contributed by atoms with Gasteiger partial charge in [-0.15, -0.1) is 4.40 Å². The Bertz CT molecular complexity index is 944. The van der Waals surface area contributed by atoms with Crippen LogP contribution in [0.3, 0.4) is 0 Å². The maximum absolute atomic E-state index is 14.3. The Morgan fingerprint density at radius 1 is 1.28 bits per heavy atom. The molecule has 1 saturated heterocycles. The summed E-state index contributed by atoms with van der Waals surface area (Å²) in [6.45, 7) is 2.40. The molecular weight excluding hydrogens is 412 g/mol. The third-order valence-corrected chi connectivity index (χ3v) is 6.86. The molecule has 29 heavy (non-hydrogen) atoms. The van der Waals surface area contributed by atoms with E-state index in [0.717, 1.165) is 29.9 Å². The summed E-state index contributed by atoms with van der Waals surface area (Å²) >= 11 is 0. The van der Waals surface area contributed by atoms with Crippen LogP contribution in [-0.4, -0.2) is 45.6 Å². The van der Waals surface area contributed by atoms with Crippen LogP contribution in [0.2, 0.25) is 0 Å². The minimum absolute atomic E-state index is 0.0144. The number of piperidine rings is 1. The van der Waals surface area contributed by atoms with Crippen LogP contribution in [0.4, 0.5) is 28.9 Å². The van der Waals surface area contributed by atoms with Crippen molar-refractivity contribution in [2.24, 2.45) is 10.3 Å². The fraction of sp³-hybridized carbons (Fsp3) is 0.611. The Balaban J connectivity index is 1.78. The van der Waals surface area contributed by atoms with Crippen molar-refractivity contribution in [3.8, 4) is 0 Å². The number of amidine groups is 1. The van der Waals surface area contributed by atoms with Crippen molar-refractivity contribution in [3.63, 3.8) is 0 Å². The average molecular weight is 434 g/mol. The van der Waals surface area contributed by atoms with Gasteiger partial charge in [-0.05, 0) is 44.4 Å². The molecule has 3 aliphatic rings. The first-order valence-corrected chi connectivity index (χ1v) is 11.1. The standard InChI is InChI=1S/C18H22F4N4O2S/c1-2-23-12-5-6-26(15(9-12)18(20,21)22)13-7-11(19)8-14-16(13)24-17(10-3-4-10)25-29(14,27)28/h7-8,10,12,15,23H,2-6,9H2,1H3,(H,24,25)/t12-,15+/m1/s1. The molecule has 11 heteroatoms. The molecule has 6 nitrogen and oxygen atoms in total. The fourth-order valence-corrected chi connectivity index (χ4v) is 5.25. The van der Waals surface area contributed by atoms with Crippen molar-refractivity contribution in [3.05, 3.63) is 17.9 Å². The highest BCUT2D eigenvalue weighted by Crippen LogP contribution is 2.44. The maximum atomic E-state index is 14.3. The highest BCUT2D eigenvalue weighted by molar-refractivity contribution is 7.90. The van der Waals surface area contributed by atoms with Crippen molar-refractivity contribution in [1.29, 1.82) is 0 Å². The molecule has 1 aromatic rings. The van der Waals surface area contributed by atoms with Gasteiger partial charge >= 0.3 is 6.18 Å². The molecule has 0 unspecified atom stereocenters. The van der Waals surface area contributed by atoms with Gasteiger partial charge in [0, 0.05) is 18.5 Å². The lowest BCUT2D eigenvalue weighted by Gasteiger charge is -2.43. The highest BCUT2D eigenvalue weighted by Gasteiger charge is 2.48. The van der Waals surface area contributed by atoms with Crippen LogP contribution < -0.4 is 15.5 Å². The van der Waals surface area contributed by atoms with E-state index in [1.165, 1.54) is 0 Å². The molecule has 160 valence electrons. The van der Waals surface area contributed by atoms with E-state index in [9.17, 15) is 26.0 Å². The van der Waals surface area contributed by atoms with E-state index < -0.39 is 33.0 Å². The van der Waals surface area contributed by atoms with Crippen LogP contribution >= 0.6 is 0 Å². The van der Waals surface area contributed by atoms with Crippen molar-refractivity contribution < 1.29 is 26.0 Å². The summed E-state index contributed by atoms with van der Waals surface area (Å²) in [5, 5.41) is 5.94. The second kappa shape index (κ2) is 7.12. The third-order valence-electron chi connectivity index (χ3n) is 5.54. The molecule has 2 heterocycles. The van der Waals surface area contributed by atoms with Crippen molar-refractivity contribution >= 4 is 27.2 Å². The zero-order valence-electron chi connectivity index (χ0n) is 15.8. The van der Waals surface area contributed by atoms with Crippen LogP contribution in [0.25, 0.3) is 0 Å². The lowest BCUT2D eigenvalue weighted by atomic mass is 9.95. The van der Waals surface area contributed by atoms with Crippen LogP contribution in [0.1, 0.15) is 32.6 Å². The molecular formula is C18H22F4N4O2S. The van der Waals surface area contributed by atoms with E-state index >= 15 is 0 Å². The SMILES string of the molecule is CCN[C@@H]1CCN(c2cc(F)cc3c2NC(C2CC2)=NS3(=O)=O)[C@H](C(F)(F)F)C1. The Labute approximate surface area is 166 Å². The Morgan fingerprint density at radius 2 is 2.00 bits per heavy atom.